The van der Waals surface area contributed by atoms with E-state index in [2.05, 4.69) is 5.32 Å². The molecule has 2 rings (SSSR count). The third-order valence-electron chi connectivity index (χ3n) is 3.37. The van der Waals surface area contributed by atoms with E-state index >= 15 is 0 Å². The number of likely N-dealkylation sites (N-methyl/N-ethyl adjacent to an activating group) is 1. The first-order valence-electron chi connectivity index (χ1n) is 7.04. The zero-order valence-electron chi connectivity index (χ0n) is 12.4. The Kier molecular flexibility index (Phi) is 5.63. The first-order chi connectivity index (χ1) is 10.6. The highest BCUT2D eigenvalue weighted by Gasteiger charge is 2.24. The van der Waals surface area contributed by atoms with Gasteiger partial charge in [0.1, 0.15) is 11.9 Å². The summed E-state index contributed by atoms with van der Waals surface area (Å²) in [5.74, 6) is -0.580. The molecule has 0 aliphatic rings. The van der Waals surface area contributed by atoms with Gasteiger partial charge >= 0.3 is 0 Å². The third kappa shape index (κ3) is 4.13. The van der Waals surface area contributed by atoms with Gasteiger partial charge in [0.25, 0.3) is 0 Å². The molecule has 1 amide bonds. The normalized spacial score (nSPS) is 12.2. The van der Waals surface area contributed by atoms with Gasteiger partial charge in [-0.15, -0.1) is 0 Å². The van der Waals surface area contributed by atoms with Crippen molar-refractivity contribution in [1.82, 2.24) is 4.90 Å². The number of carbonyl (C=O) groups is 1. The van der Waals surface area contributed by atoms with E-state index in [0.29, 0.717) is 12.2 Å². The minimum atomic E-state index is -0.529. The molecule has 0 saturated heterocycles. The number of anilines is 1. The maximum atomic E-state index is 12.9. The van der Waals surface area contributed by atoms with Gasteiger partial charge in [0.2, 0.25) is 5.91 Å². The van der Waals surface area contributed by atoms with Crippen LogP contribution in [0.4, 0.5) is 10.1 Å². The molecule has 116 valence electrons. The molecule has 0 aliphatic carbocycles. The summed E-state index contributed by atoms with van der Waals surface area (Å²) in [6, 6.07) is 14.4. The molecule has 0 radical (unpaired) electrons. The molecule has 1 atom stereocenters. The van der Waals surface area contributed by atoms with Crippen LogP contribution in [0, 0.1) is 5.82 Å². The van der Waals surface area contributed by atoms with E-state index < -0.39 is 6.04 Å². The van der Waals surface area contributed by atoms with Crippen molar-refractivity contribution in [3.8, 4) is 0 Å². The Balaban J connectivity index is 2.20. The van der Waals surface area contributed by atoms with Crippen molar-refractivity contribution in [2.24, 2.45) is 0 Å². The lowest BCUT2D eigenvalue weighted by molar-refractivity contribution is -0.121. The van der Waals surface area contributed by atoms with Crippen LogP contribution in [0.1, 0.15) is 11.6 Å². The second kappa shape index (κ2) is 7.68. The van der Waals surface area contributed by atoms with Crippen LogP contribution < -0.4 is 5.32 Å². The Morgan fingerprint density at radius 3 is 2.41 bits per heavy atom. The van der Waals surface area contributed by atoms with Gasteiger partial charge in [0, 0.05) is 12.2 Å². The number of nitrogens with one attached hydrogen (secondary N) is 1. The number of amides is 1. The molecule has 22 heavy (non-hydrogen) atoms. The van der Waals surface area contributed by atoms with Gasteiger partial charge in [-0.25, -0.2) is 4.39 Å². The van der Waals surface area contributed by atoms with Crippen molar-refractivity contribution in [2.75, 3.05) is 25.5 Å². The summed E-state index contributed by atoms with van der Waals surface area (Å²) in [6.07, 6.45) is 0. The van der Waals surface area contributed by atoms with Gasteiger partial charge in [-0.3, -0.25) is 9.69 Å². The summed E-state index contributed by atoms with van der Waals surface area (Å²) in [7, 11) is 1.78. The standard InChI is InChI=1S/C17H19FN2O2/c1-20(11-12-21)16(13-5-3-2-4-6-13)17(22)19-15-9-7-14(18)8-10-15/h2-10,16,21H,11-12H2,1H3,(H,19,22)/t16-/m0/s1. The number of nitrogens with zero attached hydrogens (tertiary/aromatic N) is 1. The van der Waals surface area contributed by atoms with E-state index in [-0.39, 0.29) is 18.3 Å². The lowest BCUT2D eigenvalue weighted by Crippen LogP contribution is -2.36. The maximum absolute atomic E-state index is 12.9. The van der Waals surface area contributed by atoms with Crippen LogP contribution >= 0.6 is 0 Å². The van der Waals surface area contributed by atoms with E-state index in [1.54, 1.807) is 11.9 Å². The molecular formula is C17H19FN2O2. The van der Waals surface area contributed by atoms with E-state index in [4.69, 9.17) is 5.11 Å². The summed E-state index contributed by atoms with van der Waals surface area (Å²) in [6.45, 7) is 0.333. The fraction of sp³-hybridized carbons (Fsp3) is 0.235. The number of hydrogen-bond donors (Lipinski definition) is 2. The highest BCUT2D eigenvalue weighted by Crippen LogP contribution is 2.21. The Morgan fingerprint density at radius 1 is 1.18 bits per heavy atom. The molecule has 0 unspecified atom stereocenters. The van der Waals surface area contributed by atoms with Gasteiger partial charge in [-0.2, -0.15) is 0 Å². The van der Waals surface area contributed by atoms with Crippen LogP contribution in [0.5, 0.6) is 0 Å². The average Bonchev–Trinajstić information content (AvgIpc) is 2.51. The van der Waals surface area contributed by atoms with Gasteiger partial charge in [-0.1, -0.05) is 30.3 Å². The van der Waals surface area contributed by atoms with Crippen LogP contribution in [0.2, 0.25) is 0 Å². The molecule has 2 aromatic carbocycles. The maximum Gasteiger partial charge on any atom is 0.246 e. The smallest absolute Gasteiger partial charge is 0.246 e. The Morgan fingerprint density at radius 2 is 1.82 bits per heavy atom. The molecule has 0 heterocycles. The molecule has 0 spiro atoms. The number of carbonyl (C=O) groups excluding carboxylic acids is 1. The van der Waals surface area contributed by atoms with Crippen molar-refractivity contribution in [1.29, 1.82) is 0 Å². The van der Waals surface area contributed by atoms with Crippen LogP contribution in [0.15, 0.2) is 54.6 Å². The zero-order chi connectivity index (χ0) is 15.9. The predicted octanol–water partition coefficient (Wildman–Crippen LogP) is 2.43. The van der Waals surface area contributed by atoms with Crippen LogP contribution in [-0.2, 0) is 4.79 Å². The zero-order valence-corrected chi connectivity index (χ0v) is 12.4. The minimum absolute atomic E-state index is 0.0380. The predicted molar refractivity (Wildman–Crippen MR) is 83.9 cm³/mol. The molecule has 0 fully saturated rings. The molecular weight excluding hydrogens is 283 g/mol. The highest BCUT2D eigenvalue weighted by molar-refractivity contribution is 5.95. The molecule has 4 nitrogen and oxygen atoms in total. The summed E-state index contributed by atoms with van der Waals surface area (Å²) in [5, 5.41) is 11.9. The number of aliphatic hydroxyl groups is 1. The van der Waals surface area contributed by atoms with E-state index in [1.165, 1.54) is 24.3 Å². The lowest BCUT2D eigenvalue weighted by Gasteiger charge is -2.27. The molecule has 0 aliphatic heterocycles. The molecule has 2 N–H and O–H groups in total. The fourth-order valence-electron chi connectivity index (χ4n) is 2.27. The van der Waals surface area contributed by atoms with Crippen molar-refractivity contribution >= 4 is 11.6 Å². The molecule has 0 saturated carbocycles. The van der Waals surface area contributed by atoms with Crippen LogP contribution in [0.3, 0.4) is 0 Å². The van der Waals surface area contributed by atoms with Crippen LogP contribution in [-0.4, -0.2) is 36.1 Å². The van der Waals surface area contributed by atoms with Gasteiger partial charge < -0.3 is 10.4 Å². The Labute approximate surface area is 129 Å². The van der Waals surface area contributed by atoms with E-state index in [9.17, 15) is 9.18 Å². The number of hydrogen-bond acceptors (Lipinski definition) is 3. The number of rotatable bonds is 6. The second-order valence-electron chi connectivity index (χ2n) is 5.01. The average molecular weight is 302 g/mol. The highest BCUT2D eigenvalue weighted by atomic mass is 19.1. The number of benzene rings is 2. The quantitative estimate of drug-likeness (QED) is 0.861. The fourth-order valence-corrected chi connectivity index (χ4v) is 2.27. The van der Waals surface area contributed by atoms with Crippen LogP contribution in [0.25, 0.3) is 0 Å². The topological polar surface area (TPSA) is 52.6 Å². The summed E-state index contributed by atoms with van der Waals surface area (Å²) in [5.41, 5.74) is 1.36. The monoisotopic (exact) mass is 302 g/mol. The Hall–Kier alpha value is -2.24. The molecule has 5 heteroatoms. The largest absolute Gasteiger partial charge is 0.395 e. The number of halogens is 1. The van der Waals surface area contributed by atoms with Crippen molar-refractivity contribution in [3.63, 3.8) is 0 Å². The minimum Gasteiger partial charge on any atom is -0.395 e. The lowest BCUT2D eigenvalue weighted by atomic mass is 10.0. The summed E-state index contributed by atoms with van der Waals surface area (Å²) >= 11 is 0. The molecule has 0 bridgehead atoms. The molecule has 0 aromatic heterocycles. The van der Waals surface area contributed by atoms with Gasteiger partial charge in [0.05, 0.1) is 6.61 Å². The van der Waals surface area contributed by atoms with Crippen molar-refractivity contribution in [2.45, 2.75) is 6.04 Å². The SMILES string of the molecule is CN(CCO)[C@H](C(=O)Nc1ccc(F)cc1)c1ccccc1. The summed E-state index contributed by atoms with van der Waals surface area (Å²) < 4.78 is 12.9. The first kappa shape index (κ1) is 16.1. The van der Waals surface area contributed by atoms with E-state index in [1.807, 2.05) is 30.3 Å². The summed E-state index contributed by atoms with van der Waals surface area (Å²) in [4.78, 5) is 14.4. The Bertz CT molecular complexity index is 602. The number of aliphatic hydroxyl groups excluding tert-OH is 1. The van der Waals surface area contributed by atoms with Gasteiger partial charge in [-0.05, 0) is 36.9 Å². The first-order valence-corrected chi connectivity index (χ1v) is 7.04. The van der Waals surface area contributed by atoms with Crippen molar-refractivity contribution in [3.05, 3.63) is 66.0 Å². The van der Waals surface area contributed by atoms with Gasteiger partial charge in [0.15, 0.2) is 0 Å². The van der Waals surface area contributed by atoms with E-state index in [0.717, 1.165) is 5.56 Å². The van der Waals surface area contributed by atoms with Crippen molar-refractivity contribution < 1.29 is 14.3 Å². The second-order valence-corrected chi connectivity index (χ2v) is 5.01. The third-order valence-corrected chi connectivity index (χ3v) is 3.37. The molecule has 2 aromatic rings.